The van der Waals surface area contributed by atoms with E-state index in [1.54, 1.807) is 36.9 Å². The topological polar surface area (TPSA) is 133 Å². The summed E-state index contributed by atoms with van der Waals surface area (Å²) in [6, 6.07) is 23.6. The van der Waals surface area contributed by atoms with Crippen LogP contribution in [0.15, 0.2) is 97.6 Å². The number of imidazole rings is 2. The van der Waals surface area contributed by atoms with E-state index in [4.69, 9.17) is 9.97 Å². The van der Waals surface area contributed by atoms with E-state index in [2.05, 4.69) is 40.5 Å². The van der Waals surface area contributed by atoms with Crippen molar-refractivity contribution >= 4 is 45.3 Å². The fraction of sp³-hybridized carbons (Fsp3) is 0. The Balaban J connectivity index is 1.12. The van der Waals surface area contributed by atoms with Gasteiger partial charge in [-0.2, -0.15) is 0 Å². The summed E-state index contributed by atoms with van der Waals surface area (Å²) >= 11 is 0. The molecule has 3 aromatic carbocycles. The molecule has 7 rings (SSSR count). The molecule has 4 aromatic heterocycles. The lowest BCUT2D eigenvalue weighted by atomic mass is 10.1. The van der Waals surface area contributed by atoms with E-state index in [0.29, 0.717) is 11.9 Å². The Labute approximate surface area is 216 Å². The molecular weight excluding hydrogens is 476 g/mol. The number of anilines is 4. The van der Waals surface area contributed by atoms with Gasteiger partial charge < -0.3 is 20.6 Å². The van der Waals surface area contributed by atoms with E-state index in [-0.39, 0.29) is 0 Å². The number of hydrogen-bond donors (Lipinski definition) is 4. The highest BCUT2D eigenvalue weighted by Crippen LogP contribution is 2.28. The van der Waals surface area contributed by atoms with Gasteiger partial charge in [-0.25, -0.2) is 29.9 Å². The van der Waals surface area contributed by atoms with Crippen LogP contribution in [0.25, 0.3) is 44.8 Å². The zero-order chi connectivity index (χ0) is 25.3. The lowest BCUT2D eigenvalue weighted by Gasteiger charge is -2.03. The summed E-state index contributed by atoms with van der Waals surface area (Å²) < 4.78 is 0. The molecular formula is C28H20N10. The van der Waals surface area contributed by atoms with Gasteiger partial charge in [0.1, 0.15) is 11.6 Å². The normalized spacial score (nSPS) is 11.2. The zero-order valence-corrected chi connectivity index (χ0v) is 19.9. The molecule has 0 bridgehead atoms. The Hall–Kier alpha value is -5.64. The third-order valence-electron chi connectivity index (χ3n) is 6.04. The predicted molar refractivity (Wildman–Crippen MR) is 147 cm³/mol. The molecule has 0 amide bonds. The summed E-state index contributed by atoms with van der Waals surface area (Å²) in [4.78, 5) is 33.2. The molecule has 4 heterocycles. The van der Waals surface area contributed by atoms with Crippen LogP contribution in [-0.4, -0.2) is 39.9 Å². The van der Waals surface area contributed by atoms with Crippen LogP contribution >= 0.6 is 0 Å². The summed E-state index contributed by atoms with van der Waals surface area (Å²) in [5.74, 6) is 2.68. The first-order valence-corrected chi connectivity index (χ1v) is 12.0. The van der Waals surface area contributed by atoms with Crippen LogP contribution in [0.1, 0.15) is 0 Å². The fourth-order valence-corrected chi connectivity index (χ4v) is 4.21. The van der Waals surface area contributed by atoms with Crippen LogP contribution in [0.5, 0.6) is 0 Å². The standard InChI is InChI=1S/C28H20N10/c1-11-29-27(30-12-1)33-19-7-9-21-23(15-19)37-25(35-21)17-3-5-18(6-4-17)26-36-22-10-8-20(16-24(22)38-26)34-28-31-13-2-14-32-28/h1-16H,(H,35,37)(H,36,38)(H,29,30,33)(H,31,32,34). The van der Waals surface area contributed by atoms with Crippen molar-refractivity contribution in [2.75, 3.05) is 10.6 Å². The van der Waals surface area contributed by atoms with Crippen molar-refractivity contribution in [3.05, 3.63) is 97.6 Å². The molecule has 0 aliphatic carbocycles. The number of fused-ring (bicyclic) bond motifs is 2. The van der Waals surface area contributed by atoms with Gasteiger partial charge in [0.2, 0.25) is 11.9 Å². The number of rotatable bonds is 6. The van der Waals surface area contributed by atoms with E-state index >= 15 is 0 Å². The number of aromatic amines is 2. The molecule has 0 saturated carbocycles. The van der Waals surface area contributed by atoms with Crippen molar-refractivity contribution in [1.29, 1.82) is 0 Å². The number of hydrogen-bond acceptors (Lipinski definition) is 8. The van der Waals surface area contributed by atoms with Gasteiger partial charge in [0.25, 0.3) is 0 Å². The zero-order valence-electron chi connectivity index (χ0n) is 19.9. The van der Waals surface area contributed by atoms with Crippen molar-refractivity contribution in [3.8, 4) is 22.8 Å². The van der Waals surface area contributed by atoms with Crippen molar-refractivity contribution in [3.63, 3.8) is 0 Å². The van der Waals surface area contributed by atoms with Crippen molar-refractivity contribution < 1.29 is 0 Å². The largest absolute Gasteiger partial charge is 0.338 e. The Bertz CT molecular complexity index is 1720. The maximum Gasteiger partial charge on any atom is 0.227 e. The van der Waals surface area contributed by atoms with Crippen LogP contribution in [0.4, 0.5) is 23.3 Å². The van der Waals surface area contributed by atoms with Gasteiger partial charge in [0.05, 0.1) is 22.1 Å². The highest BCUT2D eigenvalue weighted by atomic mass is 15.1. The molecule has 4 N–H and O–H groups in total. The molecule has 38 heavy (non-hydrogen) atoms. The Morgan fingerprint density at radius 2 is 0.921 bits per heavy atom. The Morgan fingerprint density at radius 3 is 1.34 bits per heavy atom. The van der Waals surface area contributed by atoms with E-state index in [0.717, 1.165) is 56.2 Å². The minimum absolute atomic E-state index is 0.543. The first kappa shape index (κ1) is 21.6. The Kier molecular flexibility index (Phi) is 5.18. The van der Waals surface area contributed by atoms with Gasteiger partial charge in [-0.15, -0.1) is 0 Å². The van der Waals surface area contributed by atoms with E-state index in [9.17, 15) is 0 Å². The van der Waals surface area contributed by atoms with Crippen LogP contribution in [-0.2, 0) is 0 Å². The molecule has 7 aromatic rings. The summed E-state index contributed by atoms with van der Waals surface area (Å²) in [7, 11) is 0. The molecule has 0 atom stereocenters. The van der Waals surface area contributed by atoms with Crippen LogP contribution in [0, 0.1) is 0 Å². The molecule has 0 fully saturated rings. The third kappa shape index (κ3) is 4.26. The second-order valence-electron chi connectivity index (χ2n) is 8.61. The first-order valence-electron chi connectivity index (χ1n) is 12.0. The van der Waals surface area contributed by atoms with Crippen LogP contribution in [0.3, 0.4) is 0 Å². The highest BCUT2D eigenvalue weighted by molar-refractivity contribution is 5.85. The predicted octanol–water partition coefficient (Wildman–Crippen LogP) is 5.84. The third-order valence-corrected chi connectivity index (χ3v) is 6.04. The van der Waals surface area contributed by atoms with E-state index in [1.807, 2.05) is 60.7 Å². The Morgan fingerprint density at radius 1 is 0.500 bits per heavy atom. The summed E-state index contributed by atoms with van der Waals surface area (Å²) in [5.41, 5.74) is 7.32. The molecule has 0 aliphatic rings. The quantitative estimate of drug-likeness (QED) is 0.226. The summed E-state index contributed by atoms with van der Waals surface area (Å²) in [6.07, 6.45) is 6.80. The van der Waals surface area contributed by atoms with Gasteiger partial charge in [-0.1, -0.05) is 24.3 Å². The fourth-order valence-electron chi connectivity index (χ4n) is 4.21. The number of nitrogens with zero attached hydrogens (tertiary/aromatic N) is 6. The van der Waals surface area contributed by atoms with Crippen LogP contribution in [0.2, 0.25) is 0 Å². The molecule has 10 heteroatoms. The highest BCUT2D eigenvalue weighted by Gasteiger charge is 2.10. The molecule has 0 aliphatic heterocycles. The lowest BCUT2D eigenvalue weighted by molar-refractivity contribution is 1.17. The summed E-state index contributed by atoms with van der Waals surface area (Å²) in [5, 5.41) is 6.40. The molecule has 0 saturated heterocycles. The van der Waals surface area contributed by atoms with Gasteiger partial charge >= 0.3 is 0 Å². The number of nitrogens with one attached hydrogen (secondary N) is 4. The average Bonchev–Trinajstić information content (AvgIpc) is 3.58. The minimum atomic E-state index is 0.543. The summed E-state index contributed by atoms with van der Waals surface area (Å²) in [6.45, 7) is 0. The lowest BCUT2D eigenvalue weighted by Crippen LogP contribution is -1.95. The molecule has 182 valence electrons. The maximum atomic E-state index is 4.79. The number of benzene rings is 3. The first-order chi connectivity index (χ1) is 18.8. The second kappa shape index (κ2) is 9.10. The SMILES string of the molecule is c1cnc(Nc2ccc3[nH]c(-c4ccc(-c5nc6cc(Nc7ncccn7)ccc6[nH]5)cc4)nc3c2)nc1. The number of aromatic nitrogens is 8. The molecule has 0 spiro atoms. The van der Waals surface area contributed by atoms with Gasteiger partial charge in [-0.3, -0.25) is 0 Å². The smallest absolute Gasteiger partial charge is 0.227 e. The van der Waals surface area contributed by atoms with Gasteiger partial charge in [-0.05, 0) is 48.5 Å². The molecule has 0 radical (unpaired) electrons. The molecule has 10 nitrogen and oxygen atoms in total. The monoisotopic (exact) mass is 496 g/mol. The van der Waals surface area contributed by atoms with Crippen molar-refractivity contribution in [2.24, 2.45) is 0 Å². The van der Waals surface area contributed by atoms with Crippen molar-refractivity contribution in [1.82, 2.24) is 39.9 Å². The van der Waals surface area contributed by atoms with Crippen LogP contribution < -0.4 is 10.6 Å². The van der Waals surface area contributed by atoms with Crippen molar-refractivity contribution in [2.45, 2.75) is 0 Å². The van der Waals surface area contributed by atoms with E-state index in [1.165, 1.54) is 0 Å². The minimum Gasteiger partial charge on any atom is -0.338 e. The second-order valence-corrected chi connectivity index (χ2v) is 8.61. The average molecular weight is 497 g/mol. The van der Waals surface area contributed by atoms with Gasteiger partial charge in [0, 0.05) is 47.3 Å². The van der Waals surface area contributed by atoms with E-state index < -0.39 is 0 Å². The molecule has 0 unspecified atom stereocenters. The maximum absolute atomic E-state index is 4.79. The van der Waals surface area contributed by atoms with Gasteiger partial charge in [0.15, 0.2) is 0 Å². The number of H-pyrrole nitrogens is 2.